The van der Waals surface area contributed by atoms with E-state index in [1.54, 1.807) is 0 Å². The molecule has 0 aliphatic heterocycles. The molecule has 2 aromatic carbocycles. The molecule has 0 bridgehead atoms. The van der Waals surface area contributed by atoms with Crippen molar-refractivity contribution in [2.24, 2.45) is 0 Å². The number of nitrogens with zero attached hydrogens (tertiary/aromatic N) is 1. The van der Waals surface area contributed by atoms with Gasteiger partial charge in [0.05, 0.1) is 0 Å². The van der Waals surface area contributed by atoms with Crippen LogP contribution in [-0.4, -0.2) is 18.0 Å². The fourth-order valence-electron chi connectivity index (χ4n) is 2.23. The smallest absolute Gasteiger partial charge is 0.0233 e. The lowest BCUT2D eigenvalue weighted by molar-refractivity contribution is 0.296. The second kappa shape index (κ2) is 6.84. The number of hydrogen-bond acceptors (Lipinski definition) is 1. The van der Waals surface area contributed by atoms with E-state index in [4.69, 9.17) is 0 Å². The fourth-order valence-corrected chi connectivity index (χ4v) is 2.55. The lowest BCUT2D eigenvalue weighted by atomic mass is 10.0. The number of rotatable bonds is 5. The van der Waals surface area contributed by atoms with E-state index in [9.17, 15) is 0 Å². The zero-order valence-electron chi connectivity index (χ0n) is 11.7. The molecule has 0 atom stereocenters. The summed E-state index contributed by atoms with van der Waals surface area (Å²) in [5, 5.41) is 1.14. The number of hydrogen-bond donors (Lipinski definition) is 0. The SMILES string of the molecule is CCN(CC)Cc1ccc(-c2ccccc2[PH])cc1. The van der Waals surface area contributed by atoms with Crippen LogP contribution >= 0.6 is 9.24 Å². The molecule has 2 aromatic rings. The maximum absolute atomic E-state index is 3.66. The van der Waals surface area contributed by atoms with E-state index in [1.807, 2.05) is 6.07 Å². The quantitative estimate of drug-likeness (QED) is 0.743. The van der Waals surface area contributed by atoms with Crippen molar-refractivity contribution in [3.8, 4) is 11.1 Å². The van der Waals surface area contributed by atoms with Crippen molar-refractivity contribution in [2.75, 3.05) is 13.1 Å². The third kappa shape index (κ3) is 3.65. The van der Waals surface area contributed by atoms with E-state index in [-0.39, 0.29) is 0 Å². The minimum atomic E-state index is 1.03. The molecule has 0 heterocycles. The minimum absolute atomic E-state index is 1.03. The Morgan fingerprint density at radius 1 is 0.895 bits per heavy atom. The molecule has 99 valence electrons. The highest BCUT2D eigenvalue weighted by Gasteiger charge is 2.03. The molecule has 0 fully saturated rings. The Hall–Kier alpha value is -1.17. The van der Waals surface area contributed by atoms with Gasteiger partial charge in [-0.15, -0.1) is 0 Å². The molecule has 2 rings (SSSR count). The molecule has 0 aromatic heterocycles. The summed E-state index contributed by atoms with van der Waals surface area (Å²) in [6, 6.07) is 17.2. The Balaban J connectivity index is 2.17. The average molecular weight is 270 g/mol. The Bertz CT molecular complexity index is 515. The third-order valence-electron chi connectivity index (χ3n) is 3.49. The normalized spacial score (nSPS) is 10.9. The molecular weight excluding hydrogens is 249 g/mol. The van der Waals surface area contributed by atoms with Crippen LogP contribution in [0.5, 0.6) is 0 Å². The van der Waals surface area contributed by atoms with Crippen molar-refractivity contribution in [3.05, 3.63) is 54.1 Å². The maximum atomic E-state index is 3.66. The molecule has 0 amide bonds. The summed E-state index contributed by atoms with van der Waals surface area (Å²) >= 11 is 0. The van der Waals surface area contributed by atoms with Gasteiger partial charge in [0.1, 0.15) is 0 Å². The topological polar surface area (TPSA) is 3.24 Å². The van der Waals surface area contributed by atoms with Crippen LogP contribution in [0.2, 0.25) is 0 Å². The van der Waals surface area contributed by atoms with Crippen molar-refractivity contribution < 1.29 is 0 Å². The van der Waals surface area contributed by atoms with Gasteiger partial charge < -0.3 is 0 Å². The first-order valence-electron chi connectivity index (χ1n) is 6.87. The predicted octanol–water partition coefficient (Wildman–Crippen LogP) is 3.96. The monoisotopic (exact) mass is 270 g/mol. The molecule has 0 N–H and O–H groups in total. The van der Waals surface area contributed by atoms with Gasteiger partial charge in [0.15, 0.2) is 0 Å². The first kappa shape index (κ1) is 14.2. The standard InChI is InChI=1S/C17H21NP/c1-3-18(4-2)13-14-9-11-15(12-10-14)16-7-5-6-8-17(16)19/h5-12,19H,3-4,13H2,1-2H3. The van der Waals surface area contributed by atoms with Crippen molar-refractivity contribution in [3.63, 3.8) is 0 Å². The van der Waals surface area contributed by atoms with Crippen LogP contribution in [0, 0.1) is 0 Å². The molecule has 0 aliphatic rings. The lowest BCUT2D eigenvalue weighted by Gasteiger charge is -2.18. The van der Waals surface area contributed by atoms with Gasteiger partial charge in [-0.25, -0.2) is 0 Å². The van der Waals surface area contributed by atoms with Crippen LogP contribution in [-0.2, 0) is 6.54 Å². The van der Waals surface area contributed by atoms with E-state index < -0.39 is 0 Å². The molecule has 0 spiro atoms. The summed E-state index contributed by atoms with van der Waals surface area (Å²) in [7, 11) is 3.66. The molecule has 19 heavy (non-hydrogen) atoms. The summed E-state index contributed by atoms with van der Waals surface area (Å²) in [5.74, 6) is 0. The largest absolute Gasteiger partial charge is 0.300 e. The van der Waals surface area contributed by atoms with Gasteiger partial charge in [0, 0.05) is 6.54 Å². The first-order valence-corrected chi connectivity index (χ1v) is 7.37. The van der Waals surface area contributed by atoms with E-state index >= 15 is 0 Å². The van der Waals surface area contributed by atoms with Crippen molar-refractivity contribution in [2.45, 2.75) is 20.4 Å². The Labute approximate surface area is 118 Å². The highest BCUT2D eigenvalue weighted by Crippen LogP contribution is 2.20. The Morgan fingerprint density at radius 3 is 2.11 bits per heavy atom. The van der Waals surface area contributed by atoms with Crippen LogP contribution in [0.25, 0.3) is 11.1 Å². The maximum Gasteiger partial charge on any atom is 0.0233 e. The fraction of sp³-hybridized carbons (Fsp3) is 0.294. The van der Waals surface area contributed by atoms with Crippen molar-refractivity contribution in [1.29, 1.82) is 0 Å². The number of benzene rings is 2. The second-order valence-corrected chi connectivity index (χ2v) is 5.24. The van der Waals surface area contributed by atoms with Gasteiger partial charge in [-0.1, -0.05) is 71.6 Å². The lowest BCUT2D eigenvalue weighted by Crippen LogP contribution is -2.21. The van der Waals surface area contributed by atoms with Gasteiger partial charge in [0.2, 0.25) is 0 Å². The van der Waals surface area contributed by atoms with Crippen LogP contribution in [0.3, 0.4) is 0 Å². The van der Waals surface area contributed by atoms with Crippen LogP contribution in [0.1, 0.15) is 19.4 Å². The van der Waals surface area contributed by atoms with Gasteiger partial charge in [0.25, 0.3) is 0 Å². The highest BCUT2D eigenvalue weighted by atomic mass is 31.0. The van der Waals surface area contributed by atoms with E-state index in [0.717, 1.165) is 24.9 Å². The van der Waals surface area contributed by atoms with Crippen LogP contribution in [0.4, 0.5) is 0 Å². The molecule has 0 saturated heterocycles. The zero-order chi connectivity index (χ0) is 13.7. The van der Waals surface area contributed by atoms with Crippen LogP contribution < -0.4 is 5.30 Å². The Kier molecular flexibility index (Phi) is 5.13. The van der Waals surface area contributed by atoms with E-state index in [1.165, 1.54) is 16.7 Å². The molecule has 2 heteroatoms. The van der Waals surface area contributed by atoms with Crippen molar-refractivity contribution in [1.82, 2.24) is 4.90 Å². The molecular formula is C17H21NP. The second-order valence-electron chi connectivity index (χ2n) is 4.70. The first-order chi connectivity index (χ1) is 9.24. The van der Waals surface area contributed by atoms with Crippen molar-refractivity contribution >= 4 is 14.5 Å². The summed E-state index contributed by atoms with van der Waals surface area (Å²) in [4.78, 5) is 2.42. The summed E-state index contributed by atoms with van der Waals surface area (Å²) in [6.45, 7) is 7.64. The molecule has 0 saturated carbocycles. The summed E-state index contributed by atoms with van der Waals surface area (Å²) < 4.78 is 0. The van der Waals surface area contributed by atoms with Gasteiger partial charge in [-0.05, 0) is 35.1 Å². The van der Waals surface area contributed by atoms with Gasteiger partial charge in [-0.2, -0.15) is 0 Å². The summed E-state index contributed by atoms with van der Waals surface area (Å²) in [5.41, 5.74) is 3.88. The average Bonchev–Trinajstić information content (AvgIpc) is 2.46. The Morgan fingerprint density at radius 2 is 1.53 bits per heavy atom. The molecule has 0 aliphatic carbocycles. The molecule has 1 nitrogen and oxygen atoms in total. The van der Waals surface area contributed by atoms with E-state index in [0.29, 0.717) is 0 Å². The van der Waals surface area contributed by atoms with Gasteiger partial charge >= 0.3 is 0 Å². The van der Waals surface area contributed by atoms with E-state index in [2.05, 4.69) is 70.5 Å². The van der Waals surface area contributed by atoms with Gasteiger partial charge in [-0.3, -0.25) is 4.90 Å². The highest BCUT2D eigenvalue weighted by molar-refractivity contribution is 7.28. The zero-order valence-corrected chi connectivity index (χ0v) is 12.7. The third-order valence-corrected chi connectivity index (χ3v) is 3.93. The molecule has 1 radical (unpaired) electrons. The summed E-state index contributed by atoms with van der Waals surface area (Å²) in [6.07, 6.45) is 0. The predicted molar refractivity (Wildman–Crippen MR) is 86.5 cm³/mol. The minimum Gasteiger partial charge on any atom is -0.300 e. The molecule has 0 unspecified atom stereocenters. The van der Waals surface area contributed by atoms with Crippen LogP contribution in [0.15, 0.2) is 48.5 Å².